The fourth-order valence-corrected chi connectivity index (χ4v) is 19.6. The molecule has 0 saturated heterocycles. The third-order valence-electron chi connectivity index (χ3n) is 25.7. The topological polar surface area (TPSA) is 15.5 Å². The van der Waals surface area contributed by atoms with Gasteiger partial charge in [0, 0.05) is 70.8 Å². The Morgan fingerprint density at radius 1 is 0.368 bits per heavy atom. The highest BCUT2D eigenvalue weighted by atomic mass is 19.4. The Morgan fingerprint density at radius 3 is 1.21 bits per heavy atom. The molecule has 1 fully saturated rings. The van der Waals surface area contributed by atoms with Crippen LogP contribution >= 0.6 is 0 Å². The number of benzene rings is 8. The molecule has 8 aromatic carbocycles. The van der Waals surface area contributed by atoms with Crippen molar-refractivity contribution in [3.8, 4) is 45.0 Å². The molecule has 10 heteroatoms. The Kier molecular flexibility index (Phi) is 18.6. The van der Waals surface area contributed by atoms with Gasteiger partial charge in [-0.2, -0.15) is 44.6 Å². The van der Waals surface area contributed by atoms with Gasteiger partial charge in [-0.3, -0.25) is 0 Å². The second-order valence-corrected chi connectivity index (χ2v) is 33.7. The maximum atomic E-state index is 14.3. The molecule has 4 atom stereocenters. The van der Waals surface area contributed by atoms with Crippen LogP contribution in [0, 0.1) is 89.0 Å². The zero-order valence-corrected chi connectivity index (χ0v) is 66.0. The van der Waals surface area contributed by atoms with Crippen molar-refractivity contribution in [2.75, 3.05) is 0 Å². The average molecular weight is 1430 g/mol. The van der Waals surface area contributed by atoms with Crippen molar-refractivity contribution in [2.24, 2.45) is 34.1 Å². The molecule has 4 heterocycles. The van der Waals surface area contributed by atoms with Crippen LogP contribution in [0.1, 0.15) is 195 Å². The molecule has 0 aliphatic heterocycles. The number of aromatic nitrogens is 4. The van der Waals surface area contributed by atoms with Crippen LogP contribution in [-0.4, -0.2) is 12.4 Å². The first-order chi connectivity index (χ1) is 49.9. The van der Waals surface area contributed by atoms with E-state index in [4.69, 9.17) is 0 Å². The van der Waals surface area contributed by atoms with Gasteiger partial charge in [0.2, 0.25) is 44.8 Å². The van der Waals surface area contributed by atoms with Crippen molar-refractivity contribution < 1.29 is 44.6 Å². The van der Waals surface area contributed by atoms with E-state index >= 15 is 0 Å². The Bertz CT molecular complexity index is 5640. The molecule has 0 N–H and O–H groups in total. The summed E-state index contributed by atoms with van der Waals surface area (Å²) in [6.45, 7) is 35.5. The van der Waals surface area contributed by atoms with Crippen LogP contribution < -0.4 is 18.3 Å². The van der Waals surface area contributed by atoms with Crippen LogP contribution in [0.3, 0.4) is 0 Å². The first kappa shape index (κ1) is 73.9. The summed E-state index contributed by atoms with van der Waals surface area (Å²) in [5.74, 6) is 0.769. The van der Waals surface area contributed by atoms with Gasteiger partial charge < -0.3 is 0 Å². The van der Waals surface area contributed by atoms with E-state index in [1.807, 2.05) is 47.0 Å². The van der Waals surface area contributed by atoms with Gasteiger partial charge in [-0.25, -0.2) is 0 Å². The molecule has 4 aromatic heterocycles. The van der Waals surface area contributed by atoms with Gasteiger partial charge in [-0.15, -0.1) is 0 Å². The number of nitrogens with zero attached hydrogens (tertiary/aromatic N) is 4. The largest absolute Gasteiger partial charge is 0.398 e. The number of hydrogen-bond donors (Lipinski definition) is 0. The number of alkyl halides is 6. The van der Waals surface area contributed by atoms with Crippen molar-refractivity contribution in [3.63, 3.8) is 0 Å². The minimum atomic E-state index is -4.31. The van der Waals surface area contributed by atoms with E-state index in [1.165, 1.54) is 149 Å². The highest BCUT2D eigenvalue weighted by Crippen LogP contribution is 2.58. The molecule has 12 aromatic rings. The SMILES string of the molecule is Cc1cc(C)c(C)c(-c2cc3c4c(cccc4[n+]2C)C(C(F)(F)F)CC3C)c1.Cc1cc(C)c(C)c(-c2cc3c4c(cccc4[n+]2C)C(C)(C(F)(F)F)CC3(C)C)c1.Cc1cc(C)c(C)c(-c2cc3c4c(cccc4[n+]2C)C2CC3C2)c1.Cc1cc(C)c(C)c(-c2cc3c4c(cccc4[n+]2C)CC(C)C3)c1. The maximum absolute atomic E-state index is 14.3. The molecule has 0 amide bonds. The van der Waals surface area contributed by atoms with Gasteiger partial charge in [0.05, 0.1) is 32.9 Å². The molecule has 6 aliphatic carbocycles. The van der Waals surface area contributed by atoms with Crippen molar-refractivity contribution in [2.45, 2.75) is 203 Å². The lowest BCUT2D eigenvalue weighted by Crippen LogP contribution is -2.48. The summed E-state index contributed by atoms with van der Waals surface area (Å²) in [4.78, 5) is 0. The molecule has 4 nitrogen and oxygen atoms in total. The Labute approximate surface area is 623 Å². The lowest BCUT2D eigenvalue weighted by Gasteiger charge is -2.44. The first-order valence-electron chi connectivity index (χ1n) is 38.1. The van der Waals surface area contributed by atoms with Crippen LogP contribution in [0.15, 0.2) is 146 Å². The minimum absolute atomic E-state index is 0.0363. The van der Waals surface area contributed by atoms with Gasteiger partial charge in [0.15, 0.2) is 0 Å². The lowest BCUT2D eigenvalue weighted by molar-refractivity contribution is -0.633. The number of halogens is 6. The van der Waals surface area contributed by atoms with E-state index < -0.39 is 29.1 Å². The zero-order chi connectivity index (χ0) is 76.2. The Morgan fingerprint density at radius 2 is 0.745 bits per heavy atom. The predicted octanol–water partition coefficient (Wildman–Crippen LogP) is 23.4. The van der Waals surface area contributed by atoms with Crippen LogP contribution in [-0.2, 0) is 51.9 Å². The van der Waals surface area contributed by atoms with E-state index in [0.29, 0.717) is 11.1 Å². The maximum Gasteiger partial charge on any atom is 0.398 e. The molecule has 2 bridgehead atoms. The molecule has 4 unspecified atom stereocenters. The van der Waals surface area contributed by atoms with E-state index in [2.05, 4.69) is 232 Å². The van der Waals surface area contributed by atoms with Crippen molar-refractivity contribution in [1.82, 2.24) is 0 Å². The Hall–Kier alpha value is -9.02. The summed E-state index contributed by atoms with van der Waals surface area (Å²) in [6, 6.07) is 51.6. The average Bonchev–Trinajstić information content (AvgIpc) is 0.677. The van der Waals surface area contributed by atoms with Gasteiger partial charge in [0.25, 0.3) is 0 Å². The highest BCUT2D eigenvalue weighted by molar-refractivity contribution is 5.92. The number of hydrogen-bond acceptors (Lipinski definition) is 0. The summed E-state index contributed by atoms with van der Waals surface area (Å²) in [7, 11) is 8.36. The quantitative estimate of drug-likeness (QED) is 0.123. The summed E-state index contributed by atoms with van der Waals surface area (Å²) in [6.07, 6.45) is -3.30. The second kappa shape index (κ2) is 26.7. The van der Waals surface area contributed by atoms with Gasteiger partial charge >= 0.3 is 12.4 Å². The van der Waals surface area contributed by atoms with Crippen molar-refractivity contribution >= 4 is 43.6 Å². The minimum Gasteiger partial charge on any atom is -0.194 e. The van der Waals surface area contributed by atoms with E-state index in [0.717, 1.165) is 73.2 Å². The first-order valence-corrected chi connectivity index (χ1v) is 38.1. The third-order valence-corrected chi connectivity index (χ3v) is 25.7. The summed E-state index contributed by atoms with van der Waals surface area (Å²) in [5, 5.41) is 4.56. The molecule has 0 spiro atoms. The standard InChI is InChI=1S/C26H29F3N.C24H25F3N.C23H24N.C23H26N/c1-15-11-16(2)17(3)18(12-15)22-13-20-23-19(9-8-10-21(23)30(22)7)25(6,26(27,28)29)14-24(20,4)5;1-13-9-14(2)16(4)19(10-13)22-12-18-15(3)11-20(24(25,26)27)17-7-6-8-21(23(17)18)28(22)5;1-13-8-14(2)15(3)19(9-13)22-12-20-17-10-16(11-17)18-6-5-7-21(23(18)20)24(22)4;1-14-9-16(3)17(4)20(12-14)22-13-19-11-15(2)10-18-7-6-8-21(23(18)19)24(22)5/h8-13H,14H2,1-7H3;6-10,12,15,20H,11H2,1-5H3;5-9,12,16-17H,10-11H2,1-4H3;6-9,12-13,15H,10-11H2,1-5H3/q4*+1. The van der Waals surface area contributed by atoms with Crippen molar-refractivity contribution in [1.29, 1.82) is 0 Å². The van der Waals surface area contributed by atoms with Crippen molar-refractivity contribution in [3.05, 3.63) is 257 Å². The summed E-state index contributed by atoms with van der Waals surface area (Å²) < 4.78 is 92.9. The molecular formula is C96H104F6N4+4. The van der Waals surface area contributed by atoms with E-state index in [1.54, 1.807) is 40.8 Å². The molecule has 18 rings (SSSR count). The molecule has 546 valence electrons. The number of pyridine rings is 4. The van der Waals surface area contributed by atoms with Crippen LogP contribution in [0.4, 0.5) is 26.3 Å². The van der Waals surface area contributed by atoms with Crippen LogP contribution in [0.25, 0.3) is 88.6 Å². The Balaban J connectivity index is 0.000000119. The van der Waals surface area contributed by atoms with Gasteiger partial charge in [-0.1, -0.05) is 123 Å². The second-order valence-electron chi connectivity index (χ2n) is 33.7. The molecule has 6 aliphatic rings. The smallest absolute Gasteiger partial charge is 0.194 e. The summed E-state index contributed by atoms with van der Waals surface area (Å²) in [5.41, 5.74) is 36.4. The van der Waals surface area contributed by atoms with E-state index in [-0.39, 0.29) is 18.8 Å². The van der Waals surface area contributed by atoms with Gasteiger partial charge in [-0.05, 0) is 271 Å². The number of rotatable bonds is 4. The van der Waals surface area contributed by atoms with Gasteiger partial charge in [0.1, 0.15) is 28.2 Å². The molecular weight excluding hydrogens is 1320 g/mol. The third kappa shape index (κ3) is 12.4. The molecule has 1 saturated carbocycles. The zero-order valence-electron chi connectivity index (χ0n) is 66.0. The highest BCUT2D eigenvalue weighted by Gasteiger charge is 2.58. The van der Waals surface area contributed by atoms with E-state index in [9.17, 15) is 26.3 Å². The fraction of sp³-hybridized carbons (Fsp3) is 0.375. The predicted molar refractivity (Wildman–Crippen MR) is 423 cm³/mol. The summed E-state index contributed by atoms with van der Waals surface area (Å²) >= 11 is 0. The fourth-order valence-electron chi connectivity index (χ4n) is 19.6. The van der Waals surface area contributed by atoms with Crippen LogP contribution in [0.5, 0.6) is 0 Å². The molecule has 106 heavy (non-hydrogen) atoms. The monoisotopic (exact) mass is 1430 g/mol. The molecule has 0 radical (unpaired) electrons. The lowest BCUT2D eigenvalue weighted by atomic mass is 9.61. The van der Waals surface area contributed by atoms with Crippen LogP contribution in [0.2, 0.25) is 0 Å². The number of aryl methyl sites for hydroxylation is 12. The normalized spacial score (nSPS) is 19.4.